The zero-order chi connectivity index (χ0) is 19.7. The van der Waals surface area contributed by atoms with Crippen LogP contribution in [0.3, 0.4) is 0 Å². The monoisotopic (exact) mass is 384 g/mol. The molecule has 1 aliphatic heterocycles. The molecule has 1 aromatic carbocycles. The zero-order valence-corrected chi connectivity index (χ0v) is 14.6. The second-order valence-electron chi connectivity index (χ2n) is 6.56. The van der Waals surface area contributed by atoms with Gasteiger partial charge in [-0.05, 0) is 25.3 Å². The summed E-state index contributed by atoms with van der Waals surface area (Å²) in [6.45, 7) is 0.799. The molecule has 2 atom stereocenters. The Morgan fingerprint density at radius 1 is 1.30 bits per heavy atom. The molecule has 1 N–H and O–H groups in total. The molecule has 9 heteroatoms. The van der Waals surface area contributed by atoms with Crippen molar-refractivity contribution in [2.75, 3.05) is 6.61 Å². The number of halogens is 3. The molecule has 0 unspecified atom stereocenters. The summed E-state index contributed by atoms with van der Waals surface area (Å²) in [6.07, 6.45) is -4.96. The summed E-state index contributed by atoms with van der Waals surface area (Å²) >= 11 is 0. The maximum atomic E-state index is 13.7. The van der Waals surface area contributed by atoms with Gasteiger partial charge in [-0.15, -0.1) is 0 Å². The number of hydrogen-bond donors (Lipinski definition) is 1. The van der Waals surface area contributed by atoms with Crippen molar-refractivity contribution in [3.05, 3.63) is 68.5 Å². The zero-order valence-electron chi connectivity index (χ0n) is 14.6. The Morgan fingerprint density at radius 2 is 2.00 bits per heavy atom. The fourth-order valence-corrected chi connectivity index (χ4v) is 3.04. The molecular formula is C18H19F3N2O4. The van der Waals surface area contributed by atoms with E-state index in [4.69, 9.17) is 9.47 Å². The van der Waals surface area contributed by atoms with E-state index in [0.717, 1.165) is 10.1 Å². The summed E-state index contributed by atoms with van der Waals surface area (Å²) < 4.78 is 52.8. The van der Waals surface area contributed by atoms with Crippen LogP contribution in [-0.4, -0.2) is 27.9 Å². The van der Waals surface area contributed by atoms with Gasteiger partial charge >= 0.3 is 11.9 Å². The van der Waals surface area contributed by atoms with Gasteiger partial charge in [0.1, 0.15) is 6.23 Å². The van der Waals surface area contributed by atoms with Gasteiger partial charge in [0.25, 0.3) is 5.56 Å². The van der Waals surface area contributed by atoms with Gasteiger partial charge < -0.3 is 9.47 Å². The van der Waals surface area contributed by atoms with E-state index in [9.17, 15) is 22.8 Å². The van der Waals surface area contributed by atoms with Gasteiger partial charge in [-0.1, -0.05) is 30.3 Å². The van der Waals surface area contributed by atoms with Crippen LogP contribution in [0.5, 0.6) is 0 Å². The van der Waals surface area contributed by atoms with Crippen LogP contribution in [0.2, 0.25) is 0 Å². The Bertz CT molecular complexity index is 907. The van der Waals surface area contributed by atoms with E-state index in [2.05, 4.69) is 4.98 Å². The number of nitrogens with zero attached hydrogens (tertiary/aromatic N) is 1. The fourth-order valence-electron chi connectivity index (χ4n) is 3.04. The lowest BCUT2D eigenvalue weighted by Gasteiger charge is -2.31. The van der Waals surface area contributed by atoms with E-state index in [0.29, 0.717) is 0 Å². The minimum absolute atomic E-state index is 0.0183. The van der Waals surface area contributed by atoms with Crippen LogP contribution < -0.4 is 11.2 Å². The Labute approximate surface area is 152 Å². The molecule has 0 amide bonds. The number of aromatic nitrogens is 2. The standard InChI is InChI=1S/C18H19F3N2O4/c1-12-9-23(16(25)22-15(12)24)14-7-8-17(27-14,18(19,20)21)11-26-10-13-5-3-2-4-6-13/h2-6,9,14H,7-8,10-11H2,1H3,(H,22,24,25)/t14-,17-/m0/s1. The lowest BCUT2D eigenvalue weighted by atomic mass is 10.0. The van der Waals surface area contributed by atoms with Crippen molar-refractivity contribution in [2.24, 2.45) is 0 Å². The Morgan fingerprint density at radius 3 is 2.67 bits per heavy atom. The highest BCUT2D eigenvalue weighted by atomic mass is 19.4. The van der Waals surface area contributed by atoms with E-state index in [1.54, 1.807) is 30.3 Å². The van der Waals surface area contributed by atoms with E-state index in [1.807, 2.05) is 0 Å². The highest BCUT2D eigenvalue weighted by molar-refractivity contribution is 5.13. The first-order valence-electron chi connectivity index (χ1n) is 8.40. The maximum absolute atomic E-state index is 13.7. The summed E-state index contributed by atoms with van der Waals surface area (Å²) in [5.41, 5.74) is -2.93. The van der Waals surface area contributed by atoms with Crippen molar-refractivity contribution >= 4 is 0 Å². The molecule has 146 valence electrons. The van der Waals surface area contributed by atoms with E-state index in [1.165, 1.54) is 13.1 Å². The molecule has 1 aromatic heterocycles. The number of nitrogens with one attached hydrogen (secondary N) is 1. The number of alkyl halides is 3. The van der Waals surface area contributed by atoms with Gasteiger partial charge in [-0.25, -0.2) is 4.79 Å². The molecule has 27 heavy (non-hydrogen) atoms. The van der Waals surface area contributed by atoms with Crippen molar-refractivity contribution < 1.29 is 22.6 Å². The Balaban J connectivity index is 1.78. The third kappa shape index (κ3) is 3.98. The van der Waals surface area contributed by atoms with Crippen LogP contribution in [0, 0.1) is 6.92 Å². The highest BCUT2D eigenvalue weighted by Gasteiger charge is 2.60. The molecule has 0 bridgehead atoms. The van der Waals surface area contributed by atoms with Crippen molar-refractivity contribution in [1.29, 1.82) is 0 Å². The molecule has 0 saturated carbocycles. The molecule has 1 aliphatic rings. The summed E-state index contributed by atoms with van der Waals surface area (Å²) in [4.78, 5) is 25.5. The number of aryl methyl sites for hydroxylation is 1. The first kappa shape index (κ1) is 19.4. The predicted molar refractivity (Wildman–Crippen MR) is 90.3 cm³/mol. The molecule has 2 heterocycles. The maximum Gasteiger partial charge on any atom is 0.419 e. The minimum Gasteiger partial charge on any atom is -0.373 e. The first-order chi connectivity index (χ1) is 12.7. The number of rotatable bonds is 5. The van der Waals surface area contributed by atoms with Gasteiger partial charge in [-0.2, -0.15) is 13.2 Å². The number of aromatic amines is 1. The second-order valence-corrected chi connectivity index (χ2v) is 6.56. The van der Waals surface area contributed by atoms with Crippen LogP contribution in [0.1, 0.15) is 30.2 Å². The Hall–Kier alpha value is -2.39. The molecule has 1 fully saturated rings. The molecule has 0 spiro atoms. The Kier molecular flexibility index (Phi) is 5.25. The lowest BCUT2D eigenvalue weighted by molar-refractivity contribution is -0.293. The first-order valence-corrected chi connectivity index (χ1v) is 8.40. The number of benzene rings is 1. The highest BCUT2D eigenvalue weighted by Crippen LogP contribution is 2.46. The average Bonchev–Trinajstić information content (AvgIpc) is 3.04. The summed E-state index contributed by atoms with van der Waals surface area (Å²) in [7, 11) is 0. The predicted octanol–water partition coefficient (Wildman–Crippen LogP) is 2.67. The van der Waals surface area contributed by atoms with E-state index < -0.39 is 35.9 Å². The quantitative estimate of drug-likeness (QED) is 0.860. The van der Waals surface area contributed by atoms with E-state index in [-0.39, 0.29) is 25.0 Å². The third-order valence-electron chi connectivity index (χ3n) is 4.58. The third-order valence-corrected chi connectivity index (χ3v) is 4.58. The topological polar surface area (TPSA) is 73.3 Å². The number of ether oxygens (including phenoxy) is 2. The number of hydrogen-bond acceptors (Lipinski definition) is 4. The van der Waals surface area contributed by atoms with Gasteiger partial charge in [0.05, 0.1) is 13.2 Å². The molecule has 0 aliphatic carbocycles. The van der Waals surface area contributed by atoms with Crippen molar-refractivity contribution in [3.8, 4) is 0 Å². The number of H-pyrrole nitrogens is 1. The molecule has 6 nitrogen and oxygen atoms in total. The SMILES string of the molecule is Cc1cn([C@@H]2CC[C@](COCc3ccccc3)(C(F)(F)F)O2)c(=O)[nH]c1=O. The van der Waals surface area contributed by atoms with Crippen LogP contribution in [-0.2, 0) is 16.1 Å². The largest absolute Gasteiger partial charge is 0.419 e. The van der Waals surface area contributed by atoms with Crippen molar-refractivity contribution in [1.82, 2.24) is 9.55 Å². The van der Waals surface area contributed by atoms with Crippen molar-refractivity contribution in [2.45, 2.75) is 44.4 Å². The van der Waals surface area contributed by atoms with Crippen molar-refractivity contribution in [3.63, 3.8) is 0 Å². The molecule has 3 rings (SSSR count). The average molecular weight is 384 g/mol. The molecule has 1 saturated heterocycles. The molecular weight excluding hydrogens is 365 g/mol. The van der Waals surface area contributed by atoms with E-state index >= 15 is 0 Å². The molecule has 0 radical (unpaired) electrons. The molecule has 2 aromatic rings. The normalized spacial score (nSPS) is 22.9. The summed E-state index contributed by atoms with van der Waals surface area (Å²) in [6, 6.07) is 8.84. The minimum atomic E-state index is -4.67. The van der Waals surface area contributed by atoms with Gasteiger partial charge in [0.15, 0.2) is 5.60 Å². The van der Waals surface area contributed by atoms with Crippen LogP contribution in [0.4, 0.5) is 13.2 Å². The van der Waals surface area contributed by atoms with Crippen LogP contribution >= 0.6 is 0 Å². The fraction of sp³-hybridized carbons (Fsp3) is 0.444. The second kappa shape index (κ2) is 7.32. The summed E-state index contributed by atoms with van der Waals surface area (Å²) in [5.74, 6) is 0. The lowest BCUT2D eigenvalue weighted by Crippen LogP contribution is -2.49. The summed E-state index contributed by atoms with van der Waals surface area (Å²) in [5, 5.41) is 0. The smallest absolute Gasteiger partial charge is 0.373 e. The van der Waals surface area contributed by atoms with Crippen LogP contribution in [0.25, 0.3) is 0 Å². The van der Waals surface area contributed by atoms with Gasteiger partial charge in [0.2, 0.25) is 0 Å². The van der Waals surface area contributed by atoms with Gasteiger partial charge in [0, 0.05) is 11.8 Å². The van der Waals surface area contributed by atoms with Crippen LogP contribution in [0.15, 0.2) is 46.1 Å². The van der Waals surface area contributed by atoms with Gasteiger partial charge in [-0.3, -0.25) is 14.3 Å².